The Hall–Kier alpha value is -1.62. The number of aliphatic hydroxyl groups excluding tert-OH is 1. The highest BCUT2D eigenvalue weighted by Crippen LogP contribution is 2.22. The molecule has 0 spiro atoms. The van der Waals surface area contributed by atoms with Crippen LogP contribution in [0, 0.1) is 5.82 Å². The molecule has 1 aromatic carbocycles. The molecule has 2 atom stereocenters. The summed E-state index contributed by atoms with van der Waals surface area (Å²) in [5.74, 6) is -0.390. The Labute approximate surface area is 105 Å². The van der Waals surface area contributed by atoms with E-state index in [2.05, 4.69) is 5.32 Å². The van der Waals surface area contributed by atoms with Crippen molar-refractivity contribution >= 4 is 11.6 Å². The molecule has 0 radical (unpaired) electrons. The van der Waals surface area contributed by atoms with Gasteiger partial charge < -0.3 is 15.3 Å². The first-order chi connectivity index (χ1) is 8.61. The summed E-state index contributed by atoms with van der Waals surface area (Å²) < 4.78 is 12.9. The van der Waals surface area contributed by atoms with Crippen molar-refractivity contribution in [3.63, 3.8) is 0 Å². The normalized spacial score (nSPS) is 23.9. The Bertz CT molecular complexity index is 422. The summed E-state index contributed by atoms with van der Waals surface area (Å²) in [6, 6.07) is 5.72. The fourth-order valence-corrected chi connectivity index (χ4v) is 2.28. The van der Waals surface area contributed by atoms with E-state index in [1.807, 2.05) is 11.8 Å². The highest BCUT2D eigenvalue weighted by atomic mass is 19.1. The molecule has 18 heavy (non-hydrogen) atoms. The topological polar surface area (TPSA) is 52.6 Å². The average Bonchev–Trinajstić information content (AvgIpc) is 2.33. The van der Waals surface area contributed by atoms with E-state index in [-0.39, 0.29) is 24.4 Å². The summed E-state index contributed by atoms with van der Waals surface area (Å²) in [4.78, 5) is 13.8. The molecule has 2 N–H and O–H groups in total. The van der Waals surface area contributed by atoms with E-state index in [1.165, 1.54) is 12.1 Å². The van der Waals surface area contributed by atoms with E-state index in [1.54, 1.807) is 12.1 Å². The van der Waals surface area contributed by atoms with Crippen molar-refractivity contribution in [1.29, 1.82) is 0 Å². The minimum Gasteiger partial charge on any atom is -0.396 e. The molecule has 0 saturated carbocycles. The van der Waals surface area contributed by atoms with Crippen LogP contribution in [0.1, 0.15) is 13.3 Å². The summed E-state index contributed by atoms with van der Waals surface area (Å²) >= 11 is 0. The third-order valence-electron chi connectivity index (χ3n) is 3.10. The summed E-state index contributed by atoms with van der Waals surface area (Å²) in [6.45, 7) is 2.52. The van der Waals surface area contributed by atoms with Gasteiger partial charge in [0.25, 0.3) is 0 Å². The number of carbonyl (C=O) groups excluding carboxylic acids is 1. The minimum absolute atomic E-state index is 0.0393. The molecule has 1 aromatic rings. The Morgan fingerprint density at radius 2 is 2.11 bits per heavy atom. The van der Waals surface area contributed by atoms with Crippen LogP contribution in [0.4, 0.5) is 10.1 Å². The maximum atomic E-state index is 12.9. The van der Waals surface area contributed by atoms with Crippen LogP contribution < -0.4 is 10.2 Å². The van der Waals surface area contributed by atoms with Gasteiger partial charge in [-0.3, -0.25) is 4.79 Å². The number of anilines is 1. The van der Waals surface area contributed by atoms with Crippen LogP contribution in [-0.4, -0.2) is 36.2 Å². The van der Waals surface area contributed by atoms with Crippen LogP contribution in [0.25, 0.3) is 0 Å². The van der Waals surface area contributed by atoms with E-state index < -0.39 is 6.04 Å². The first-order valence-electron chi connectivity index (χ1n) is 6.05. The number of hydrogen-bond acceptors (Lipinski definition) is 3. The molecule has 0 aliphatic carbocycles. The van der Waals surface area contributed by atoms with Gasteiger partial charge in [-0.2, -0.15) is 0 Å². The van der Waals surface area contributed by atoms with Crippen molar-refractivity contribution in [2.45, 2.75) is 25.4 Å². The fraction of sp³-hybridized carbons (Fsp3) is 0.462. The first-order valence-corrected chi connectivity index (χ1v) is 6.05. The van der Waals surface area contributed by atoms with Gasteiger partial charge in [-0.05, 0) is 37.6 Å². The maximum Gasteiger partial charge on any atom is 0.243 e. The van der Waals surface area contributed by atoms with Gasteiger partial charge >= 0.3 is 0 Å². The van der Waals surface area contributed by atoms with E-state index in [9.17, 15) is 9.18 Å². The predicted octanol–water partition coefficient (Wildman–Crippen LogP) is 0.901. The second-order valence-electron chi connectivity index (χ2n) is 4.57. The quantitative estimate of drug-likeness (QED) is 0.840. The van der Waals surface area contributed by atoms with Gasteiger partial charge in [0.05, 0.1) is 0 Å². The molecule has 1 amide bonds. The van der Waals surface area contributed by atoms with Crippen LogP contribution >= 0.6 is 0 Å². The van der Waals surface area contributed by atoms with Gasteiger partial charge in [0, 0.05) is 24.9 Å². The summed E-state index contributed by atoms with van der Waals surface area (Å²) in [7, 11) is 0. The number of aliphatic hydroxyl groups is 1. The molecule has 0 bridgehead atoms. The minimum atomic E-state index is -0.392. The number of piperazine rings is 1. The smallest absolute Gasteiger partial charge is 0.243 e. The molecular weight excluding hydrogens is 235 g/mol. The summed E-state index contributed by atoms with van der Waals surface area (Å²) in [5, 5.41) is 11.9. The zero-order valence-electron chi connectivity index (χ0n) is 10.3. The predicted molar refractivity (Wildman–Crippen MR) is 66.8 cm³/mol. The number of nitrogens with one attached hydrogen (secondary N) is 1. The lowest BCUT2D eigenvalue weighted by atomic mass is 10.0. The van der Waals surface area contributed by atoms with Crippen LogP contribution in [0.2, 0.25) is 0 Å². The van der Waals surface area contributed by atoms with Gasteiger partial charge in [0.15, 0.2) is 0 Å². The van der Waals surface area contributed by atoms with Crippen LogP contribution in [-0.2, 0) is 4.79 Å². The van der Waals surface area contributed by atoms with Gasteiger partial charge in [-0.1, -0.05) is 0 Å². The number of nitrogens with zero attached hydrogens (tertiary/aromatic N) is 1. The molecule has 1 fully saturated rings. The number of rotatable bonds is 3. The molecule has 1 heterocycles. The van der Waals surface area contributed by atoms with Crippen LogP contribution in [0.15, 0.2) is 24.3 Å². The van der Waals surface area contributed by atoms with E-state index in [0.717, 1.165) is 5.69 Å². The molecule has 1 aliphatic rings. The number of amides is 1. The maximum absolute atomic E-state index is 12.9. The van der Waals surface area contributed by atoms with E-state index in [0.29, 0.717) is 13.0 Å². The number of carbonyl (C=O) groups is 1. The Balaban J connectivity index is 2.25. The second kappa shape index (κ2) is 5.35. The lowest BCUT2D eigenvalue weighted by Crippen LogP contribution is -2.59. The fourth-order valence-electron chi connectivity index (χ4n) is 2.28. The van der Waals surface area contributed by atoms with E-state index >= 15 is 0 Å². The molecule has 2 rings (SSSR count). The second-order valence-corrected chi connectivity index (χ2v) is 4.57. The van der Waals surface area contributed by atoms with Crippen molar-refractivity contribution in [2.75, 3.05) is 18.1 Å². The molecule has 1 aliphatic heterocycles. The Kier molecular flexibility index (Phi) is 3.81. The monoisotopic (exact) mass is 252 g/mol. The van der Waals surface area contributed by atoms with Crippen molar-refractivity contribution in [3.05, 3.63) is 30.1 Å². The standard InChI is InChI=1S/C13H17FN2O2/c1-9-8-16(11-4-2-10(14)3-5-11)12(6-7-17)13(18)15-9/h2-5,9,12,17H,6-8H2,1H3,(H,15,18). The molecule has 1 saturated heterocycles. The van der Waals surface area contributed by atoms with Gasteiger partial charge in [0.2, 0.25) is 5.91 Å². The lowest BCUT2D eigenvalue weighted by Gasteiger charge is -2.39. The van der Waals surface area contributed by atoms with Crippen LogP contribution in [0.3, 0.4) is 0 Å². The van der Waals surface area contributed by atoms with Crippen molar-refractivity contribution < 1.29 is 14.3 Å². The summed E-state index contributed by atoms with van der Waals surface area (Å²) in [6.07, 6.45) is 0.371. The highest BCUT2D eigenvalue weighted by Gasteiger charge is 2.32. The molecule has 0 aromatic heterocycles. The van der Waals surface area contributed by atoms with E-state index in [4.69, 9.17) is 5.11 Å². The number of hydrogen-bond donors (Lipinski definition) is 2. The average molecular weight is 252 g/mol. The molecule has 2 unspecified atom stereocenters. The molecular formula is C13H17FN2O2. The highest BCUT2D eigenvalue weighted by molar-refractivity contribution is 5.86. The molecule has 5 heteroatoms. The van der Waals surface area contributed by atoms with Crippen LogP contribution in [0.5, 0.6) is 0 Å². The molecule has 98 valence electrons. The summed E-state index contributed by atoms with van der Waals surface area (Å²) in [5.41, 5.74) is 0.802. The van der Waals surface area contributed by atoms with Gasteiger partial charge in [-0.15, -0.1) is 0 Å². The zero-order chi connectivity index (χ0) is 13.1. The van der Waals surface area contributed by atoms with Crippen molar-refractivity contribution in [2.24, 2.45) is 0 Å². The lowest BCUT2D eigenvalue weighted by molar-refractivity contribution is -0.124. The number of benzene rings is 1. The third kappa shape index (κ3) is 2.61. The van der Waals surface area contributed by atoms with Gasteiger partial charge in [0.1, 0.15) is 11.9 Å². The first kappa shape index (κ1) is 12.8. The SMILES string of the molecule is CC1CN(c2ccc(F)cc2)C(CCO)C(=O)N1. The van der Waals surface area contributed by atoms with Gasteiger partial charge in [-0.25, -0.2) is 4.39 Å². The third-order valence-corrected chi connectivity index (χ3v) is 3.10. The Morgan fingerprint density at radius 1 is 1.44 bits per heavy atom. The Morgan fingerprint density at radius 3 is 2.72 bits per heavy atom. The van der Waals surface area contributed by atoms with Crippen molar-refractivity contribution in [1.82, 2.24) is 5.32 Å². The van der Waals surface area contributed by atoms with Crippen molar-refractivity contribution in [3.8, 4) is 0 Å². The number of halogens is 1. The molecule has 4 nitrogen and oxygen atoms in total. The largest absolute Gasteiger partial charge is 0.396 e. The zero-order valence-corrected chi connectivity index (χ0v) is 10.3.